The third-order valence-electron chi connectivity index (χ3n) is 2.99. The first-order valence-corrected chi connectivity index (χ1v) is 8.01. The summed E-state index contributed by atoms with van der Waals surface area (Å²) in [7, 11) is -3.77. The number of halogens is 2. The zero-order valence-corrected chi connectivity index (χ0v) is 13.0. The van der Waals surface area contributed by atoms with Gasteiger partial charge in [0.25, 0.3) is 0 Å². The molecule has 0 spiro atoms. The molecule has 19 heavy (non-hydrogen) atoms. The number of sulfonamides is 1. The van der Waals surface area contributed by atoms with Crippen molar-refractivity contribution in [2.24, 2.45) is 0 Å². The summed E-state index contributed by atoms with van der Waals surface area (Å²) < 4.78 is 26.4. The van der Waals surface area contributed by atoms with E-state index in [-0.39, 0.29) is 21.6 Å². The van der Waals surface area contributed by atoms with Gasteiger partial charge in [0.2, 0.25) is 10.0 Å². The number of aromatic nitrogens is 1. The second kappa shape index (κ2) is 6.37. The second-order valence-electron chi connectivity index (χ2n) is 4.20. The Morgan fingerprint density at radius 1 is 1.37 bits per heavy atom. The standard InChI is InChI=1S/C11H16Cl2N2O3S/c1-3-11(16,4-2)7-15-19(17,18)8-5-9(12)10(13)14-6-8/h5-6,15-16H,3-4,7H2,1-2H3. The summed E-state index contributed by atoms with van der Waals surface area (Å²) in [5.74, 6) is 0. The van der Waals surface area contributed by atoms with Gasteiger partial charge in [-0.2, -0.15) is 0 Å². The summed E-state index contributed by atoms with van der Waals surface area (Å²) in [6.07, 6.45) is 2.02. The van der Waals surface area contributed by atoms with Gasteiger partial charge in [-0.3, -0.25) is 0 Å². The highest BCUT2D eigenvalue weighted by molar-refractivity contribution is 7.89. The van der Waals surface area contributed by atoms with E-state index in [1.54, 1.807) is 13.8 Å². The third-order valence-corrected chi connectivity index (χ3v) is 5.04. The van der Waals surface area contributed by atoms with Gasteiger partial charge in [0.05, 0.1) is 10.6 Å². The second-order valence-corrected chi connectivity index (χ2v) is 6.73. The topological polar surface area (TPSA) is 79.3 Å². The Balaban J connectivity index is 2.90. The van der Waals surface area contributed by atoms with E-state index >= 15 is 0 Å². The minimum absolute atomic E-state index is 0.0410. The fraction of sp³-hybridized carbons (Fsp3) is 0.545. The average Bonchev–Trinajstić information content (AvgIpc) is 2.39. The molecule has 0 aromatic carbocycles. The van der Waals surface area contributed by atoms with Gasteiger partial charge in [0, 0.05) is 12.7 Å². The van der Waals surface area contributed by atoms with Gasteiger partial charge in [0.15, 0.2) is 0 Å². The van der Waals surface area contributed by atoms with Crippen molar-refractivity contribution in [1.82, 2.24) is 9.71 Å². The van der Waals surface area contributed by atoms with Crippen molar-refractivity contribution in [1.29, 1.82) is 0 Å². The summed E-state index contributed by atoms with van der Waals surface area (Å²) in [5, 5.41) is 10.1. The van der Waals surface area contributed by atoms with Crippen LogP contribution in [0.15, 0.2) is 17.2 Å². The molecule has 0 atom stereocenters. The Labute approximate surface area is 123 Å². The van der Waals surface area contributed by atoms with Crippen molar-refractivity contribution in [2.45, 2.75) is 37.2 Å². The van der Waals surface area contributed by atoms with Crippen LogP contribution >= 0.6 is 23.2 Å². The first-order valence-electron chi connectivity index (χ1n) is 5.77. The van der Waals surface area contributed by atoms with Crippen molar-refractivity contribution in [3.8, 4) is 0 Å². The van der Waals surface area contributed by atoms with Crippen molar-refractivity contribution in [3.63, 3.8) is 0 Å². The molecule has 0 amide bonds. The first-order chi connectivity index (χ1) is 8.74. The Hall–Kier alpha value is -0.400. The number of hydrogen-bond acceptors (Lipinski definition) is 4. The van der Waals surface area contributed by atoms with Crippen LogP contribution in [0.25, 0.3) is 0 Å². The Kier molecular flexibility index (Phi) is 5.58. The average molecular weight is 327 g/mol. The lowest BCUT2D eigenvalue weighted by Crippen LogP contribution is -2.42. The molecule has 0 radical (unpaired) electrons. The largest absolute Gasteiger partial charge is 0.389 e. The van der Waals surface area contributed by atoms with Gasteiger partial charge in [-0.1, -0.05) is 37.0 Å². The van der Waals surface area contributed by atoms with Crippen LogP contribution in [0.3, 0.4) is 0 Å². The lowest BCUT2D eigenvalue weighted by molar-refractivity contribution is 0.0377. The number of nitrogens with one attached hydrogen (secondary N) is 1. The highest BCUT2D eigenvalue weighted by Crippen LogP contribution is 2.22. The SMILES string of the molecule is CCC(O)(CC)CNS(=O)(=O)c1cnc(Cl)c(Cl)c1. The zero-order chi connectivity index (χ0) is 14.7. The molecule has 5 nitrogen and oxygen atoms in total. The van der Waals surface area contributed by atoms with E-state index in [1.807, 2.05) is 0 Å². The molecular formula is C11H16Cl2N2O3S. The summed E-state index contributed by atoms with van der Waals surface area (Å²) in [6, 6.07) is 1.22. The molecule has 0 aliphatic carbocycles. The van der Waals surface area contributed by atoms with Gasteiger partial charge >= 0.3 is 0 Å². The van der Waals surface area contributed by atoms with Crippen LogP contribution in [-0.4, -0.2) is 30.7 Å². The summed E-state index contributed by atoms with van der Waals surface area (Å²) >= 11 is 11.4. The van der Waals surface area contributed by atoms with E-state index in [0.29, 0.717) is 12.8 Å². The maximum Gasteiger partial charge on any atom is 0.242 e. The fourth-order valence-electron chi connectivity index (χ4n) is 1.36. The molecule has 0 saturated carbocycles. The normalized spacial score (nSPS) is 12.7. The van der Waals surface area contributed by atoms with Crippen LogP contribution in [-0.2, 0) is 10.0 Å². The maximum absolute atomic E-state index is 12.0. The van der Waals surface area contributed by atoms with Crippen LogP contribution in [0.1, 0.15) is 26.7 Å². The number of aliphatic hydroxyl groups is 1. The highest BCUT2D eigenvalue weighted by atomic mass is 35.5. The Morgan fingerprint density at radius 2 is 1.95 bits per heavy atom. The molecular weight excluding hydrogens is 311 g/mol. The molecule has 1 heterocycles. The van der Waals surface area contributed by atoms with E-state index in [9.17, 15) is 13.5 Å². The summed E-state index contributed by atoms with van der Waals surface area (Å²) in [6.45, 7) is 3.51. The number of rotatable bonds is 6. The predicted octanol–water partition coefficient (Wildman–Crippen LogP) is 2.22. The molecule has 0 saturated heterocycles. The van der Waals surface area contributed by atoms with Crippen molar-refractivity contribution >= 4 is 33.2 Å². The van der Waals surface area contributed by atoms with E-state index in [4.69, 9.17) is 23.2 Å². The van der Waals surface area contributed by atoms with Crippen LogP contribution in [0.5, 0.6) is 0 Å². The van der Waals surface area contributed by atoms with Crippen LogP contribution in [0.2, 0.25) is 10.2 Å². The molecule has 0 unspecified atom stereocenters. The van der Waals surface area contributed by atoms with Gasteiger partial charge < -0.3 is 5.11 Å². The van der Waals surface area contributed by atoms with Crippen molar-refractivity contribution < 1.29 is 13.5 Å². The van der Waals surface area contributed by atoms with Gasteiger partial charge in [-0.05, 0) is 18.9 Å². The molecule has 108 valence electrons. The molecule has 0 bridgehead atoms. The quantitative estimate of drug-likeness (QED) is 0.785. The molecule has 1 aromatic rings. The molecule has 2 N–H and O–H groups in total. The number of pyridine rings is 1. The molecule has 0 fully saturated rings. The predicted molar refractivity (Wildman–Crippen MR) is 75.0 cm³/mol. The lowest BCUT2D eigenvalue weighted by atomic mass is 9.98. The van der Waals surface area contributed by atoms with Crippen LogP contribution in [0, 0.1) is 0 Å². The minimum atomic E-state index is -3.77. The van der Waals surface area contributed by atoms with Gasteiger partial charge in [-0.25, -0.2) is 18.1 Å². The van der Waals surface area contributed by atoms with Crippen LogP contribution < -0.4 is 4.72 Å². The van der Waals surface area contributed by atoms with Gasteiger partial charge in [0.1, 0.15) is 10.0 Å². The monoisotopic (exact) mass is 326 g/mol. The third kappa shape index (κ3) is 4.29. The van der Waals surface area contributed by atoms with E-state index in [2.05, 4.69) is 9.71 Å². The Bertz CT molecular complexity index is 545. The molecule has 1 rings (SSSR count). The molecule has 1 aromatic heterocycles. The highest BCUT2D eigenvalue weighted by Gasteiger charge is 2.25. The van der Waals surface area contributed by atoms with E-state index in [1.165, 1.54) is 6.07 Å². The summed E-state index contributed by atoms with van der Waals surface area (Å²) in [5.41, 5.74) is -1.06. The number of hydrogen-bond donors (Lipinski definition) is 2. The molecule has 0 aliphatic rings. The van der Waals surface area contributed by atoms with Crippen LogP contribution in [0.4, 0.5) is 0 Å². The van der Waals surface area contributed by atoms with Crippen molar-refractivity contribution in [2.75, 3.05) is 6.54 Å². The van der Waals surface area contributed by atoms with Gasteiger partial charge in [-0.15, -0.1) is 0 Å². The zero-order valence-electron chi connectivity index (χ0n) is 10.7. The fourth-order valence-corrected chi connectivity index (χ4v) is 2.79. The summed E-state index contributed by atoms with van der Waals surface area (Å²) in [4.78, 5) is 3.59. The van der Waals surface area contributed by atoms with E-state index < -0.39 is 15.6 Å². The van der Waals surface area contributed by atoms with E-state index in [0.717, 1.165) is 6.20 Å². The maximum atomic E-state index is 12.0. The first kappa shape index (κ1) is 16.7. The number of nitrogens with zero attached hydrogens (tertiary/aromatic N) is 1. The lowest BCUT2D eigenvalue weighted by Gasteiger charge is -2.25. The molecule has 0 aliphatic heterocycles. The molecule has 8 heteroatoms. The Morgan fingerprint density at radius 3 is 2.42 bits per heavy atom. The smallest absolute Gasteiger partial charge is 0.242 e. The minimum Gasteiger partial charge on any atom is -0.389 e. The van der Waals surface area contributed by atoms with Crippen molar-refractivity contribution in [3.05, 3.63) is 22.4 Å².